The van der Waals surface area contributed by atoms with E-state index in [0.717, 1.165) is 23.1 Å². The quantitative estimate of drug-likeness (QED) is 0.784. The van der Waals surface area contributed by atoms with E-state index < -0.39 is 0 Å². The summed E-state index contributed by atoms with van der Waals surface area (Å²) in [4.78, 5) is 5.54. The van der Waals surface area contributed by atoms with Gasteiger partial charge in [-0.05, 0) is 17.5 Å². The van der Waals surface area contributed by atoms with Crippen LogP contribution >= 0.6 is 11.3 Å². The first-order valence-electron chi connectivity index (χ1n) is 5.92. The second kappa shape index (κ2) is 5.09. The molecule has 0 unspecified atom stereocenters. The molecule has 0 radical (unpaired) electrons. The molecule has 0 aliphatic heterocycles. The highest BCUT2D eigenvalue weighted by molar-refractivity contribution is 7.09. The Balaban J connectivity index is 2.02. The monoisotopic (exact) mass is 265 g/mol. The average molecular weight is 265 g/mol. The summed E-state index contributed by atoms with van der Waals surface area (Å²) in [5.74, 6) is 0. The van der Waals surface area contributed by atoms with E-state index in [1.165, 1.54) is 4.88 Å². The molecule has 3 nitrogen and oxygen atoms in total. The molecule has 92 valence electrons. The molecule has 0 saturated heterocycles. The Hall–Kier alpha value is -2.38. The maximum Gasteiger partial charge on any atom is 0.103 e. The number of pyridine rings is 1. The summed E-state index contributed by atoms with van der Waals surface area (Å²) < 4.78 is 0. The van der Waals surface area contributed by atoms with Crippen molar-refractivity contribution >= 4 is 27.9 Å². The number of fused-ring (bicyclic) bond motifs is 1. The fourth-order valence-electron chi connectivity index (χ4n) is 2.01. The first-order valence-corrected chi connectivity index (χ1v) is 6.80. The van der Waals surface area contributed by atoms with Gasteiger partial charge in [-0.15, -0.1) is 11.3 Å². The third kappa shape index (κ3) is 2.28. The molecule has 3 rings (SSSR count). The van der Waals surface area contributed by atoms with Crippen LogP contribution in [0, 0.1) is 11.3 Å². The smallest absolute Gasteiger partial charge is 0.103 e. The number of nitrogens with zero attached hydrogens (tertiary/aromatic N) is 2. The summed E-state index contributed by atoms with van der Waals surface area (Å²) >= 11 is 1.70. The fraction of sp³-hybridized carbons (Fsp3) is 0.0667. The lowest BCUT2D eigenvalue weighted by Crippen LogP contribution is -2.01. The van der Waals surface area contributed by atoms with Gasteiger partial charge in [0.05, 0.1) is 16.8 Å². The van der Waals surface area contributed by atoms with Gasteiger partial charge in [-0.3, -0.25) is 4.98 Å². The zero-order valence-electron chi connectivity index (χ0n) is 10.1. The number of hydrogen-bond acceptors (Lipinski definition) is 4. The molecule has 0 atom stereocenters. The van der Waals surface area contributed by atoms with Gasteiger partial charge in [0.15, 0.2) is 0 Å². The molecule has 0 bridgehead atoms. The molecule has 0 aliphatic rings. The summed E-state index contributed by atoms with van der Waals surface area (Å²) in [6.07, 6.45) is 1.62. The normalized spacial score (nSPS) is 10.3. The summed E-state index contributed by atoms with van der Waals surface area (Å²) in [5, 5.41) is 15.6. The summed E-state index contributed by atoms with van der Waals surface area (Å²) in [7, 11) is 0. The summed E-state index contributed by atoms with van der Waals surface area (Å²) in [6, 6.07) is 14.1. The highest BCUT2D eigenvalue weighted by atomic mass is 32.1. The van der Waals surface area contributed by atoms with Crippen LogP contribution in [-0.2, 0) is 6.54 Å². The van der Waals surface area contributed by atoms with E-state index >= 15 is 0 Å². The second-order valence-corrected chi connectivity index (χ2v) is 5.14. The third-order valence-corrected chi connectivity index (χ3v) is 3.79. The van der Waals surface area contributed by atoms with Crippen LogP contribution in [0.3, 0.4) is 0 Å². The van der Waals surface area contributed by atoms with E-state index in [2.05, 4.69) is 22.4 Å². The van der Waals surface area contributed by atoms with Crippen LogP contribution in [0.15, 0.2) is 48.0 Å². The second-order valence-electron chi connectivity index (χ2n) is 4.11. The fourth-order valence-corrected chi connectivity index (χ4v) is 2.65. The number of para-hydroxylation sites is 1. The van der Waals surface area contributed by atoms with E-state index in [-0.39, 0.29) is 0 Å². The maximum atomic E-state index is 9.21. The minimum Gasteiger partial charge on any atom is -0.378 e. The summed E-state index contributed by atoms with van der Waals surface area (Å²) in [5.41, 5.74) is 2.34. The molecule has 0 spiro atoms. The minimum absolute atomic E-state index is 0.579. The van der Waals surface area contributed by atoms with Crippen LogP contribution in [0.1, 0.15) is 10.4 Å². The molecular weight excluding hydrogens is 254 g/mol. The molecule has 1 N–H and O–H groups in total. The number of anilines is 1. The number of hydrogen-bond donors (Lipinski definition) is 1. The SMILES string of the molecule is N#Cc1cnc2ccccc2c1NCc1cccs1. The van der Waals surface area contributed by atoms with Crippen molar-refractivity contribution in [3.63, 3.8) is 0 Å². The van der Waals surface area contributed by atoms with Gasteiger partial charge in [-0.2, -0.15) is 5.26 Å². The predicted octanol–water partition coefficient (Wildman–Crippen LogP) is 3.78. The summed E-state index contributed by atoms with van der Waals surface area (Å²) in [6.45, 7) is 0.723. The van der Waals surface area contributed by atoms with Crippen LogP contribution in [0.5, 0.6) is 0 Å². The van der Waals surface area contributed by atoms with Crippen LogP contribution in [0.4, 0.5) is 5.69 Å². The number of nitriles is 1. The predicted molar refractivity (Wildman–Crippen MR) is 78.1 cm³/mol. The van der Waals surface area contributed by atoms with Crippen LogP contribution in [-0.4, -0.2) is 4.98 Å². The van der Waals surface area contributed by atoms with Crippen molar-refractivity contribution < 1.29 is 0 Å². The van der Waals surface area contributed by atoms with Crippen molar-refractivity contribution in [3.8, 4) is 6.07 Å². The van der Waals surface area contributed by atoms with Crippen LogP contribution < -0.4 is 5.32 Å². The molecule has 0 saturated carbocycles. The lowest BCUT2D eigenvalue weighted by Gasteiger charge is -2.10. The van der Waals surface area contributed by atoms with E-state index in [1.54, 1.807) is 17.5 Å². The van der Waals surface area contributed by atoms with E-state index in [4.69, 9.17) is 0 Å². The highest BCUT2D eigenvalue weighted by Crippen LogP contribution is 2.26. The molecular formula is C15H11N3S. The Morgan fingerprint density at radius 1 is 1.21 bits per heavy atom. The zero-order valence-corrected chi connectivity index (χ0v) is 10.9. The molecule has 19 heavy (non-hydrogen) atoms. The van der Waals surface area contributed by atoms with Gasteiger partial charge in [-0.1, -0.05) is 24.3 Å². The zero-order chi connectivity index (χ0) is 13.1. The van der Waals surface area contributed by atoms with Gasteiger partial charge >= 0.3 is 0 Å². The van der Waals surface area contributed by atoms with E-state index in [0.29, 0.717) is 5.56 Å². The lowest BCUT2D eigenvalue weighted by atomic mass is 10.1. The Kier molecular flexibility index (Phi) is 3.13. The first-order chi connectivity index (χ1) is 9.38. The number of thiophene rings is 1. The van der Waals surface area contributed by atoms with Gasteiger partial charge < -0.3 is 5.32 Å². The minimum atomic E-state index is 0.579. The number of nitrogens with one attached hydrogen (secondary N) is 1. The van der Waals surface area contributed by atoms with Crippen molar-refractivity contribution in [3.05, 3.63) is 58.4 Å². The maximum absolute atomic E-state index is 9.21. The largest absolute Gasteiger partial charge is 0.378 e. The molecule has 1 aromatic carbocycles. The first kappa shape index (κ1) is 11.7. The van der Waals surface area contributed by atoms with Gasteiger partial charge in [-0.25, -0.2) is 0 Å². The molecule has 2 aromatic heterocycles. The standard InChI is InChI=1S/C15H11N3S/c16-8-11-9-17-14-6-2-1-5-13(14)15(11)18-10-12-4-3-7-19-12/h1-7,9H,10H2,(H,17,18). The molecule has 4 heteroatoms. The Morgan fingerprint density at radius 3 is 2.89 bits per heavy atom. The number of rotatable bonds is 3. The number of benzene rings is 1. The third-order valence-electron chi connectivity index (χ3n) is 2.92. The Morgan fingerprint density at radius 2 is 2.11 bits per heavy atom. The van der Waals surface area contributed by atoms with E-state index in [1.807, 2.05) is 35.7 Å². The Labute approximate surface area is 115 Å². The molecule has 2 heterocycles. The van der Waals surface area contributed by atoms with Gasteiger partial charge in [0, 0.05) is 23.0 Å². The average Bonchev–Trinajstić information content (AvgIpc) is 2.97. The van der Waals surface area contributed by atoms with Gasteiger partial charge in [0.2, 0.25) is 0 Å². The van der Waals surface area contributed by atoms with Crippen molar-refractivity contribution in [2.24, 2.45) is 0 Å². The van der Waals surface area contributed by atoms with Gasteiger partial charge in [0.1, 0.15) is 6.07 Å². The van der Waals surface area contributed by atoms with Crippen LogP contribution in [0.2, 0.25) is 0 Å². The molecule has 0 fully saturated rings. The topological polar surface area (TPSA) is 48.7 Å². The molecule has 0 amide bonds. The highest BCUT2D eigenvalue weighted by Gasteiger charge is 2.08. The van der Waals surface area contributed by atoms with Crippen LogP contribution in [0.25, 0.3) is 10.9 Å². The number of aromatic nitrogens is 1. The van der Waals surface area contributed by atoms with Gasteiger partial charge in [0.25, 0.3) is 0 Å². The van der Waals surface area contributed by atoms with E-state index in [9.17, 15) is 5.26 Å². The lowest BCUT2D eigenvalue weighted by molar-refractivity contribution is 1.19. The van der Waals surface area contributed by atoms with Crippen molar-refractivity contribution in [1.29, 1.82) is 5.26 Å². The Bertz CT molecular complexity index is 742. The van der Waals surface area contributed by atoms with Crippen molar-refractivity contribution in [2.45, 2.75) is 6.54 Å². The molecule has 3 aromatic rings. The van der Waals surface area contributed by atoms with Crippen molar-refractivity contribution in [2.75, 3.05) is 5.32 Å². The van der Waals surface area contributed by atoms with Crippen molar-refractivity contribution in [1.82, 2.24) is 4.98 Å². The molecule has 0 aliphatic carbocycles.